The minimum atomic E-state index is -1.04. The smallest absolute Gasteiger partial charge is 0.341 e. The Bertz CT molecular complexity index is 1350. The van der Waals surface area contributed by atoms with Gasteiger partial charge in [-0.05, 0) is 48.5 Å². The first-order valence-electron chi connectivity index (χ1n) is 11.4. The van der Waals surface area contributed by atoms with Gasteiger partial charge in [-0.15, -0.1) is 11.6 Å². The number of carboxylic acids is 2. The van der Waals surface area contributed by atoms with Crippen molar-refractivity contribution in [3.8, 4) is 11.5 Å². The molecule has 0 fully saturated rings. The first kappa shape index (κ1) is 30.3. The van der Waals surface area contributed by atoms with Crippen molar-refractivity contribution in [3.63, 3.8) is 0 Å². The van der Waals surface area contributed by atoms with Crippen LogP contribution in [0.1, 0.15) is 31.8 Å². The number of hydrogen-bond acceptors (Lipinski definition) is 6. The van der Waals surface area contributed by atoms with Gasteiger partial charge in [0.05, 0.1) is 0 Å². The van der Waals surface area contributed by atoms with Crippen LogP contribution in [-0.4, -0.2) is 51.3 Å². The lowest BCUT2D eigenvalue weighted by molar-refractivity contribution is -0.139. The molecule has 0 aromatic heterocycles. The summed E-state index contributed by atoms with van der Waals surface area (Å²) >= 11 is 4.74. The van der Waals surface area contributed by atoms with E-state index in [0.29, 0.717) is 28.0 Å². The van der Waals surface area contributed by atoms with E-state index in [4.69, 9.17) is 31.7 Å². The molecule has 4 rings (SSSR count). The zero-order chi connectivity index (χ0) is 28.6. The van der Waals surface area contributed by atoms with Gasteiger partial charge in [-0.1, -0.05) is 60.7 Å². The number of phenols is 1. The maximum Gasteiger partial charge on any atom is 0.341 e. The Morgan fingerprint density at radius 1 is 0.564 bits per heavy atom. The number of alkyl halides is 1. The second-order valence-electron chi connectivity index (χ2n) is 7.67. The molecule has 0 aliphatic heterocycles. The SMILES string of the molecule is O=C(O)CCl.O=C(O)COc1ccc(C(=O)c2ccccc2)cc1.O=C(c1ccccc1)c1ccc(O)cc1. The largest absolute Gasteiger partial charge is 0.508 e. The lowest BCUT2D eigenvalue weighted by Crippen LogP contribution is -2.09. The molecule has 0 amide bonds. The lowest BCUT2D eigenvalue weighted by Gasteiger charge is -2.04. The van der Waals surface area contributed by atoms with Crippen LogP contribution < -0.4 is 4.74 Å². The molecule has 0 heterocycles. The van der Waals surface area contributed by atoms with Crippen LogP contribution in [0, 0.1) is 0 Å². The molecule has 4 aromatic carbocycles. The van der Waals surface area contributed by atoms with E-state index in [1.54, 1.807) is 72.8 Å². The molecule has 3 N–H and O–H groups in total. The zero-order valence-electron chi connectivity index (χ0n) is 20.6. The average Bonchev–Trinajstić information content (AvgIpc) is 2.97. The second kappa shape index (κ2) is 16.0. The van der Waals surface area contributed by atoms with E-state index in [2.05, 4.69) is 0 Å². The predicted octanol–water partition coefficient (Wildman–Crippen LogP) is 5.31. The van der Waals surface area contributed by atoms with Crippen LogP contribution in [0.15, 0.2) is 109 Å². The van der Waals surface area contributed by atoms with Crippen LogP contribution >= 0.6 is 11.6 Å². The Morgan fingerprint density at radius 2 is 0.923 bits per heavy atom. The summed E-state index contributed by atoms with van der Waals surface area (Å²) in [6, 6.07) is 30.7. The van der Waals surface area contributed by atoms with Gasteiger partial charge in [0.2, 0.25) is 0 Å². The summed E-state index contributed by atoms with van der Waals surface area (Å²) in [5.41, 5.74) is 2.39. The first-order valence-corrected chi connectivity index (χ1v) is 12.0. The molecule has 0 spiro atoms. The minimum Gasteiger partial charge on any atom is -0.508 e. The fourth-order valence-corrected chi connectivity index (χ4v) is 2.97. The number of carbonyl (C=O) groups excluding carboxylic acids is 2. The number of aliphatic carboxylic acids is 2. The lowest BCUT2D eigenvalue weighted by atomic mass is 10.0. The van der Waals surface area contributed by atoms with Crippen LogP contribution in [0.25, 0.3) is 0 Å². The first-order chi connectivity index (χ1) is 18.7. The number of rotatable bonds is 8. The average molecular weight is 549 g/mol. The van der Waals surface area contributed by atoms with Gasteiger partial charge < -0.3 is 20.1 Å². The minimum absolute atomic E-state index is 0.0319. The summed E-state index contributed by atoms with van der Waals surface area (Å²) in [5.74, 6) is -1.84. The van der Waals surface area contributed by atoms with Gasteiger partial charge in [-0.25, -0.2) is 4.79 Å². The maximum absolute atomic E-state index is 12.1. The molecule has 8 nitrogen and oxygen atoms in total. The number of halogens is 1. The molecular formula is C30H25ClO8. The topological polar surface area (TPSA) is 138 Å². The van der Waals surface area contributed by atoms with Gasteiger partial charge in [-0.3, -0.25) is 14.4 Å². The van der Waals surface area contributed by atoms with Gasteiger partial charge in [0.1, 0.15) is 17.4 Å². The fraction of sp³-hybridized carbons (Fsp3) is 0.0667. The quantitative estimate of drug-likeness (QED) is 0.199. The monoisotopic (exact) mass is 548 g/mol. The Kier molecular flexibility index (Phi) is 12.4. The van der Waals surface area contributed by atoms with E-state index in [1.807, 2.05) is 24.3 Å². The zero-order valence-corrected chi connectivity index (χ0v) is 21.3. The van der Waals surface area contributed by atoms with Crippen LogP contribution in [0.2, 0.25) is 0 Å². The number of carboxylic acid groups (broad SMARTS) is 2. The molecule has 39 heavy (non-hydrogen) atoms. The highest BCUT2D eigenvalue weighted by molar-refractivity contribution is 6.26. The normalized spacial score (nSPS) is 9.56. The Hall–Kier alpha value is -4.95. The van der Waals surface area contributed by atoms with Crippen molar-refractivity contribution >= 4 is 35.1 Å². The molecule has 0 atom stereocenters. The molecule has 0 saturated heterocycles. The summed E-state index contributed by atoms with van der Waals surface area (Å²) < 4.78 is 5.00. The summed E-state index contributed by atoms with van der Waals surface area (Å²) in [6.45, 7) is -0.397. The molecule has 200 valence electrons. The van der Waals surface area contributed by atoms with Crippen LogP contribution in [0.3, 0.4) is 0 Å². The maximum atomic E-state index is 12.1. The highest BCUT2D eigenvalue weighted by atomic mass is 35.5. The molecule has 0 radical (unpaired) electrons. The molecule has 0 aliphatic carbocycles. The fourth-order valence-electron chi connectivity index (χ4n) is 2.97. The third-order valence-corrected chi connectivity index (χ3v) is 5.02. The molecule has 0 saturated carbocycles. The standard InChI is InChI=1S/C15H12O4.C13H10O2.C2H3ClO2/c16-14(17)10-19-13-8-6-12(7-9-13)15(18)11-4-2-1-3-5-11;14-12-8-6-11(7-9-12)13(15)10-4-2-1-3-5-10;3-1-2(4)5/h1-9H,10H2,(H,16,17);1-9,14H;1H2,(H,4,5). The van der Waals surface area contributed by atoms with Gasteiger partial charge in [0.25, 0.3) is 0 Å². The molecule has 9 heteroatoms. The van der Waals surface area contributed by atoms with Crippen molar-refractivity contribution in [2.75, 3.05) is 12.5 Å². The predicted molar refractivity (Wildman–Crippen MR) is 146 cm³/mol. The molecule has 4 aromatic rings. The number of ketones is 2. The third-order valence-electron chi connectivity index (χ3n) is 4.79. The van der Waals surface area contributed by atoms with Crippen LogP contribution in [-0.2, 0) is 9.59 Å². The van der Waals surface area contributed by atoms with Crippen molar-refractivity contribution in [1.29, 1.82) is 0 Å². The van der Waals surface area contributed by atoms with Crippen molar-refractivity contribution in [2.24, 2.45) is 0 Å². The summed E-state index contributed by atoms with van der Waals surface area (Å²) in [4.78, 5) is 43.6. The summed E-state index contributed by atoms with van der Waals surface area (Å²) in [7, 11) is 0. The van der Waals surface area contributed by atoms with Crippen molar-refractivity contribution in [1.82, 2.24) is 0 Å². The van der Waals surface area contributed by atoms with E-state index in [-0.39, 0.29) is 23.2 Å². The van der Waals surface area contributed by atoms with Crippen LogP contribution in [0.4, 0.5) is 0 Å². The number of benzene rings is 4. The van der Waals surface area contributed by atoms with Crippen molar-refractivity contribution in [3.05, 3.63) is 131 Å². The highest BCUT2D eigenvalue weighted by Crippen LogP contribution is 2.16. The summed E-state index contributed by atoms with van der Waals surface area (Å²) in [5, 5.41) is 25.2. The van der Waals surface area contributed by atoms with E-state index in [0.717, 1.165) is 0 Å². The number of phenolic OH excluding ortho intramolecular Hbond substituents is 1. The van der Waals surface area contributed by atoms with Crippen LogP contribution in [0.5, 0.6) is 11.5 Å². The molecule has 0 bridgehead atoms. The number of hydrogen-bond donors (Lipinski definition) is 3. The van der Waals surface area contributed by atoms with Crippen molar-refractivity contribution in [2.45, 2.75) is 0 Å². The van der Waals surface area contributed by atoms with Crippen molar-refractivity contribution < 1.29 is 39.2 Å². The second-order valence-corrected chi connectivity index (χ2v) is 7.94. The molecule has 0 unspecified atom stereocenters. The summed E-state index contributed by atoms with van der Waals surface area (Å²) in [6.07, 6.45) is 0. The Morgan fingerprint density at radius 3 is 1.28 bits per heavy atom. The van der Waals surface area contributed by atoms with E-state index >= 15 is 0 Å². The highest BCUT2D eigenvalue weighted by Gasteiger charge is 2.09. The van der Waals surface area contributed by atoms with Gasteiger partial charge in [-0.2, -0.15) is 0 Å². The van der Waals surface area contributed by atoms with E-state index < -0.39 is 18.5 Å². The van der Waals surface area contributed by atoms with E-state index in [9.17, 15) is 19.2 Å². The van der Waals surface area contributed by atoms with Gasteiger partial charge >= 0.3 is 11.9 Å². The molecule has 0 aliphatic rings. The number of ether oxygens (including phenoxy) is 1. The Labute approximate surface area is 229 Å². The third kappa shape index (κ3) is 10.9. The van der Waals surface area contributed by atoms with E-state index in [1.165, 1.54) is 12.1 Å². The molecular weight excluding hydrogens is 524 g/mol. The van der Waals surface area contributed by atoms with Gasteiger partial charge in [0, 0.05) is 22.3 Å². The number of carbonyl (C=O) groups is 4. The van der Waals surface area contributed by atoms with Gasteiger partial charge in [0.15, 0.2) is 18.2 Å². The Balaban J connectivity index is 0.000000238. The number of aromatic hydroxyl groups is 1.